The first-order valence-corrected chi connectivity index (χ1v) is 9.85. The molecule has 0 spiro atoms. The zero-order valence-corrected chi connectivity index (χ0v) is 15.8. The number of benzene rings is 1. The highest BCUT2D eigenvalue weighted by atomic mass is 35.5. The maximum atomic E-state index is 13.0. The smallest absolute Gasteiger partial charge is 0.333 e. The fourth-order valence-electron chi connectivity index (χ4n) is 2.71. The van der Waals surface area contributed by atoms with Gasteiger partial charge in [0.15, 0.2) is 0 Å². The molecule has 1 aliphatic heterocycles. The Hall–Kier alpha value is -2.24. The number of nitrogens with zero attached hydrogens (tertiary/aromatic N) is 4. The van der Waals surface area contributed by atoms with Gasteiger partial charge in [0.2, 0.25) is 15.8 Å². The summed E-state index contributed by atoms with van der Waals surface area (Å²) in [5.41, 5.74) is -1.22. The summed E-state index contributed by atoms with van der Waals surface area (Å²) in [6.07, 6.45) is -1.94. The van der Waals surface area contributed by atoms with Gasteiger partial charge in [0, 0.05) is 38.6 Å². The number of hydrogen-bond acceptors (Lipinski definition) is 5. The molecule has 0 bridgehead atoms. The van der Waals surface area contributed by atoms with Crippen LogP contribution in [0.1, 0.15) is 16.2 Å². The molecule has 1 fully saturated rings. The predicted octanol–water partition coefficient (Wildman–Crippen LogP) is 2.30. The molecule has 1 aromatic carbocycles. The van der Waals surface area contributed by atoms with E-state index >= 15 is 0 Å². The van der Waals surface area contributed by atoms with Gasteiger partial charge in [-0.2, -0.15) is 17.5 Å². The van der Waals surface area contributed by atoms with Crippen molar-refractivity contribution >= 4 is 27.5 Å². The fraction of sp³-hybridized carbons (Fsp3) is 0.312. The molecule has 150 valence electrons. The van der Waals surface area contributed by atoms with Crippen LogP contribution in [-0.2, 0) is 16.2 Å². The maximum absolute atomic E-state index is 13.0. The molecular formula is C16H14ClF3N4O3S. The van der Waals surface area contributed by atoms with E-state index in [4.69, 9.17) is 11.6 Å². The molecule has 7 nitrogen and oxygen atoms in total. The molecule has 0 unspecified atom stereocenters. The minimum atomic E-state index is -4.77. The third-order valence-corrected chi connectivity index (χ3v) is 6.39. The molecule has 3 rings (SSSR count). The molecule has 0 aliphatic carbocycles. The minimum Gasteiger partial charge on any atom is -0.333 e. The Kier molecular flexibility index (Phi) is 5.60. The van der Waals surface area contributed by atoms with Crippen LogP contribution >= 0.6 is 11.6 Å². The Bertz CT molecular complexity index is 978. The highest BCUT2D eigenvalue weighted by molar-refractivity contribution is 7.89. The van der Waals surface area contributed by atoms with Crippen molar-refractivity contribution in [2.24, 2.45) is 0 Å². The average molecular weight is 435 g/mol. The molecule has 0 radical (unpaired) electrons. The highest BCUT2D eigenvalue weighted by Gasteiger charge is 2.36. The number of rotatable bonds is 3. The molecule has 12 heteroatoms. The Labute approximate surface area is 163 Å². The molecule has 0 N–H and O–H groups in total. The SMILES string of the molecule is O=C(c1ncccn1)N1CCN(S(=O)(=O)c2ccc(Cl)c(C(F)(F)F)c2)CC1. The van der Waals surface area contributed by atoms with Crippen LogP contribution in [0.15, 0.2) is 41.6 Å². The van der Waals surface area contributed by atoms with Gasteiger partial charge in [-0.1, -0.05) is 11.6 Å². The van der Waals surface area contributed by atoms with Crippen molar-refractivity contribution in [1.82, 2.24) is 19.2 Å². The van der Waals surface area contributed by atoms with Crippen LogP contribution in [0.5, 0.6) is 0 Å². The Balaban J connectivity index is 1.76. The maximum Gasteiger partial charge on any atom is 0.417 e. The summed E-state index contributed by atoms with van der Waals surface area (Å²) in [4.78, 5) is 20.9. The summed E-state index contributed by atoms with van der Waals surface area (Å²) < 4.78 is 65.5. The van der Waals surface area contributed by atoms with Gasteiger partial charge in [-0.05, 0) is 24.3 Å². The van der Waals surface area contributed by atoms with Crippen LogP contribution in [-0.4, -0.2) is 59.7 Å². The third-order valence-electron chi connectivity index (χ3n) is 4.16. The number of alkyl halides is 3. The van der Waals surface area contributed by atoms with E-state index in [1.165, 1.54) is 17.3 Å². The summed E-state index contributed by atoms with van der Waals surface area (Å²) in [6, 6.07) is 4.02. The molecule has 1 saturated heterocycles. The number of sulfonamides is 1. The lowest BCUT2D eigenvalue weighted by Crippen LogP contribution is -2.50. The molecule has 0 saturated carbocycles. The molecule has 1 aliphatic rings. The first kappa shape index (κ1) is 20.5. The van der Waals surface area contributed by atoms with Gasteiger partial charge in [0.05, 0.1) is 15.5 Å². The Morgan fingerprint density at radius 1 is 1.07 bits per heavy atom. The molecule has 28 heavy (non-hydrogen) atoms. The number of aromatic nitrogens is 2. The minimum absolute atomic E-state index is 0.00803. The summed E-state index contributed by atoms with van der Waals surface area (Å²) >= 11 is 5.54. The van der Waals surface area contributed by atoms with Gasteiger partial charge in [-0.25, -0.2) is 18.4 Å². The second-order valence-electron chi connectivity index (χ2n) is 5.91. The van der Waals surface area contributed by atoms with Crippen molar-refractivity contribution in [2.45, 2.75) is 11.1 Å². The summed E-state index contributed by atoms with van der Waals surface area (Å²) in [5.74, 6) is -0.449. The Morgan fingerprint density at radius 3 is 2.25 bits per heavy atom. The molecular weight excluding hydrogens is 421 g/mol. The largest absolute Gasteiger partial charge is 0.417 e. The highest BCUT2D eigenvalue weighted by Crippen LogP contribution is 2.36. The molecule has 2 aromatic rings. The van der Waals surface area contributed by atoms with Crippen molar-refractivity contribution in [1.29, 1.82) is 0 Å². The fourth-order valence-corrected chi connectivity index (χ4v) is 4.39. The topological polar surface area (TPSA) is 83.5 Å². The Morgan fingerprint density at radius 2 is 1.68 bits per heavy atom. The number of hydrogen-bond donors (Lipinski definition) is 0. The summed E-state index contributed by atoms with van der Waals surface area (Å²) in [7, 11) is -4.17. The number of carbonyl (C=O) groups is 1. The van der Waals surface area contributed by atoms with Gasteiger partial charge < -0.3 is 4.90 Å². The predicted molar refractivity (Wildman–Crippen MR) is 93.1 cm³/mol. The average Bonchev–Trinajstić information content (AvgIpc) is 2.67. The first-order valence-electron chi connectivity index (χ1n) is 8.04. The van der Waals surface area contributed by atoms with Gasteiger partial charge in [-0.15, -0.1) is 0 Å². The van der Waals surface area contributed by atoms with Crippen LogP contribution in [0.25, 0.3) is 0 Å². The zero-order valence-electron chi connectivity index (χ0n) is 14.2. The van der Waals surface area contributed by atoms with E-state index in [1.807, 2.05) is 0 Å². The van der Waals surface area contributed by atoms with Crippen LogP contribution < -0.4 is 0 Å². The normalized spacial score (nSPS) is 16.2. The van der Waals surface area contributed by atoms with Crippen molar-refractivity contribution < 1.29 is 26.4 Å². The summed E-state index contributed by atoms with van der Waals surface area (Å²) in [6.45, 7) is 0.00183. The lowest BCUT2D eigenvalue weighted by Gasteiger charge is -2.33. The summed E-state index contributed by atoms with van der Waals surface area (Å²) in [5, 5.41) is -0.579. The number of halogens is 4. The van der Waals surface area contributed by atoms with Gasteiger partial charge >= 0.3 is 6.18 Å². The number of carbonyl (C=O) groups excluding carboxylic acids is 1. The molecule has 0 atom stereocenters. The second-order valence-corrected chi connectivity index (χ2v) is 8.25. The van der Waals surface area contributed by atoms with E-state index in [0.29, 0.717) is 6.07 Å². The first-order chi connectivity index (χ1) is 13.1. The molecule has 1 aromatic heterocycles. The second kappa shape index (κ2) is 7.64. The van der Waals surface area contributed by atoms with E-state index in [0.717, 1.165) is 16.4 Å². The quantitative estimate of drug-likeness (QED) is 0.740. The van der Waals surface area contributed by atoms with Crippen molar-refractivity contribution in [3.8, 4) is 0 Å². The van der Waals surface area contributed by atoms with Gasteiger partial charge in [0.1, 0.15) is 0 Å². The monoisotopic (exact) mass is 434 g/mol. The van der Waals surface area contributed by atoms with E-state index in [2.05, 4.69) is 9.97 Å². The lowest BCUT2D eigenvalue weighted by molar-refractivity contribution is -0.137. The standard InChI is InChI=1S/C16H14ClF3N4O3S/c17-13-3-2-11(10-12(13)16(18,19)20)28(26,27)24-8-6-23(7-9-24)15(25)14-21-4-1-5-22-14/h1-5,10H,6-9H2. The van der Waals surface area contributed by atoms with Crippen LogP contribution in [0, 0.1) is 0 Å². The number of amides is 1. The van der Waals surface area contributed by atoms with Crippen molar-refractivity contribution in [3.63, 3.8) is 0 Å². The van der Waals surface area contributed by atoms with E-state index < -0.39 is 37.6 Å². The van der Waals surface area contributed by atoms with E-state index in [1.54, 1.807) is 6.07 Å². The van der Waals surface area contributed by atoms with E-state index in [-0.39, 0.29) is 32.0 Å². The lowest BCUT2D eigenvalue weighted by atomic mass is 10.2. The van der Waals surface area contributed by atoms with Crippen LogP contribution in [0.3, 0.4) is 0 Å². The van der Waals surface area contributed by atoms with Gasteiger partial charge in [0.25, 0.3) is 5.91 Å². The van der Waals surface area contributed by atoms with E-state index in [9.17, 15) is 26.4 Å². The third kappa shape index (κ3) is 4.10. The van der Waals surface area contributed by atoms with Crippen molar-refractivity contribution in [2.75, 3.05) is 26.2 Å². The molecule has 2 heterocycles. The number of piperazine rings is 1. The molecule has 1 amide bonds. The van der Waals surface area contributed by atoms with Crippen molar-refractivity contribution in [3.05, 3.63) is 53.1 Å². The van der Waals surface area contributed by atoms with Gasteiger partial charge in [-0.3, -0.25) is 4.79 Å². The zero-order chi connectivity index (χ0) is 20.5. The van der Waals surface area contributed by atoms with Crippen LogP contribution in [0.4, 0.5) is 13.2 Å². The van der Waals surface area contributed by atoms with Crippen LogP contribution in [0.2, 0.25) is 5.02 Å².